The number of halogens is 1. The monoisotopic (exact) mass is 273 g/mol. The number of hydrogen-bond donors (Lipinski definition) is 1. The lowest BCUT2D eigenvalue weighted by Crippen LogP contribution is -2.05. The maximum Gasteiger partial charge on any atom is 0.132 e. The van der Waals surface area contributed by atoms with Gasteiger partial charge in [-0.05, 0) is 18.6 Å². The van der Waals surface area contributed by atoms with Crippen molar-refractivity contribution in [2.24, 2.45) is 0 Å². The Morgan fingerprint density at radius 1 is 1.47 bits per heavy atom. The zero-order chi connectivity index (χ0) is 14.0. The second-order valence-corrected chi connectivity index (χ2v) is 4.78. The molecule has 0 bridgehead atoms. The molecule has 2 rings (SSSR count). The summed E-state index contributed by atoms with van der Waals surface area (Å²) in [6.07, 6.45) is 6.15. The smallest absolute Gasteiger partial charge is 0.132 e. The van der Waals surface area contributed by atoms with Gasteiger partial charge < -0.3 is 10.3 Å². The summed E-state index contributed by atoms with van der Waals surface area (Å²) in [6, 6.07) is 5.82. The van der Waals surface area contributed by atoms with E-state index in [9.17, 15) is 0 Å². The number of benzene rings is 1. The quantitative estimate of drug-likeness (QED) is 0.872. The fourth-order valence-corrected chi connectivity index (χ4v) is 2.18. The normalized spacial score (nSPS) is 10.4. The number of nitrogens with two attached hydrogens (primary N) is 1. The van der Waals surface area contributed by atoms with Crippen LogP contribution in [0, 0.1) is 19.3 Å². The van der Waals surface area contributed by atoms with Gasteiger partial charge in [0.15, 0.2) is 0 Å². The minimum Gasteiger partial charge on any atom is -0.383 e. The van der Waals surface area contributed by atoms with Crippen molar-refractivity contribution in [3.63, 3.8) is 0 Å². The maximum absolute atomic E-state index is 6.15. The Balaban J connectivity index is 2.56. The van der Waals surface area contributed by atoms with Crippen LogP contribution in [0.1, 0.15) is 18.3 Å². The van der Waals surface area contributed by atoms with Crippen molar-refractivity contribution < 1.29 is 0 Å². The van der Waals surface area contributed by atoms with Crippen molar-refractivity contribution in [3.8, 4) is 23.6 Å². The van der Waals surface area contributed by atoms with E-state index in [1.807, 2.05) is 36.6 Å². The van der Waals surface area contributed by atoms with E-state index in [0.717, 1.165) is 29.1 Å². The third-order valence-corrected chi connectivity index (χ3v) is 3.50. The maximum atomic E-state index is 6.15. The largest absolute Gasteiger partial charge is 0.383 e. The highest BCUT2D eigenvalue weighted by molar-refractivity contribution is 6.31. The lowest BCUT2D eigenvalue weighted by molar-refractivity contribution is 0.769. The predicted octanol–water partition coefficient (Wildman–Crippen LogP) is 3.29. The molecule has 0 saturated heterocycles. The Hall–Kier alpha value is -1.92. The highest BCUT2D eigenvalue weighted by atomic mass is 35.5. The Morgan fingerprint density at radius 2 is 2.21 bits per heavy atom. The lowest BCUT2D eigenvalue weighted by atomic mass is 10.1. The first kappa shape index (κ1) is 13.5. The van der Waals surface area contributed by atoms with Crippen molar-refractivity contribution in [1.29, 1.82) is 0 Å². The van der Waals surface area contributed by atoms with Gasteiger partial charge >= 0.3 is 0 Å². The first-order chi connectivity index (χ1) is 9.08. The van der Waals surface area contributed by atoms with Gasteiger partial charge in [0.05, 0.1) is 6.54 Å². The summed E-state index contributed by atoms with van der Waals surface area (Å²) in [5.41, 5.74) is 8.84. The minimum absolute atomic E-state index is 0.432. The van der Waals surface area contributed by atoms with E-state index in [2.05, 4.69) is 10.9 Å². The van der Waals surface area contributed by atoms with E-state index in [1.165, 1.54) is 0 Å². The predicted molar refractivity (Wildman–Crippen MR) is 80.0 cm³/mol. The van der Waals surface area contributed by atoms with Crippen LogP contribution in [-0.2, 0) is 13.0 Å². The molecule has 0 radical (unpaired) electrons. The summed E-state index contributed by atoms with van der Waals surface area (Å²) in [7, 11) is 0. The molecule has 0 fully saturated rings. The van der Waals surface area contributed by atoms with E-state index >= 15 is 0 Å². The van der Waals surface area contributed by atoms with Crippen molar-refractivity contribution in [1.82, 2.24) is 9.55 Å². The van der Waals surface area contributed by atoms with Crippen molar-refractivity contribution >= 4 is 17.4 Å². The lowest BCUT2D eigenvalue weighted by Gasteiger charge is -2.05. The molecule has 0 amide bonds. The summed E-state index contributed by atoms with van der Waals surface area (Å²) < 4.78 is 1.86. The average molecular weight is 274 g/mol. The number of rotatable bonds is 3. The molecule has 98 valence electrons. The number of aryl methyl sites for hydroxylation is 2. The number of nitrogen functional groups attached to an aromatic ring is 1. The summed E-state index contributed by atoms with van der Waals surface area (Å²) in [5.74, 6) is 4.08. The van der Waals surface area contributed by atoms with Crippen LogP contribution in [-0.4, -0.2) is 9.55 Å². The molecule has 3 nitrogen and oxygen atoms in total. The SMILES string of the molecule is C#CCn1c(CC)nc(-c2ccc(C)c(Cl)c2)c1N. The van der Waals surface area contributed by atoms with Crippen LogP contribution in [0.25, 0.3) is 11.3 Å². The van der Waals surface area contributed by atoms with Gasteiger partial charge in [0.25, 0.3) is 0 Å². The number of nitrogens with zero attached hydrogens (tertiary/aromatic N) is 2. The molecular weight excluding hydrogens is 258 g/mol. The molecule has 0 aliphatic rings. The number of terminal acetylenes is 1. The molecule has 0 unspecified atom stereocenters. The van der Waals surface area contributed by atoms with Crippen molar-refractivity contribution in [2.75, 3.05) is 5.73 Å². The fourth-order valence-electron chi connectivity index (χ4n) is 2.00. The standard InChI is InChI=1S/C15H16ClN3/c1-4-8-19-13(5-2)18-14(15(19)17)11-7-6-10(3)12(16)9-11/h1,6-7,9H,5,8,17H2,2-3H3. The molecule has 4 heteroatoms. The van der Waals surface area contributed by atoms with Gasteiger partial charge in [-0.1, -0.05) is 36.6 Å². The van der Waals surface area contributed by atoms with Crippen LogP contribution < -0.4 is 5.73 Å². The molecule has 0 saturated carbocycles. The van der Waals surface area contributed by atoms with E-state index in [4.69, 9.17) is 23.8 Å². The topological polar surface area (TPSA) is 43.8 Å². The average Bonchev–Trinajstić information content (AvgIpc) is 2.71. The van der Waals surface area contributed by atoms with Crippen LogP contribution in [0.4, 0.5) is 5.82 Å². The molecule has 0 spiro atoms. The van der Waals surface area contributed by atoms with E-state index in [-0.39, 0.29) is 0 Å². The summed E-state index contributed by atoms with van der Waals surface area (Å²) >= 11 is 6.15. The zero-order valence-corrected chi connectivity index (χ0v) is 11.8. The Morgan fingerprint density at radius 3 is 2.79 bits per heavy atom. The number of hydrogen-bond acceptors (Lipinski definition) is 2. The van der Waals surface area contributed by atoms with Crippen molar-refractivity contribution in [2.45, 2.75) is 26.8 Å². The van der Waals surface area contributed by atoms with Gasteiger partial charge in [-0.3, -0.25) is 0 Å². The third-order valence-electron chi connectivity index (χ3n) is 3.10. The first-order valence-electron chi connectivity index (χ1n) is 6.13. The summed E-state index contributed by atoms with van der Waals surface area (Å²) in [4.78, 5) is 4.57. The molecule has 19 heavy (non-hydrogen) atoms. The van der Waals surface area contributed by atoms with Crippen LogP contribution in [0.5, 0.6) is 0 Å². The third kappa shape index (κ3) is 2.45. The van der Waals surface area contributed by atoms with Crippen LogP contribution >= 0.6 is 11.6 Å². The summed E-state index contributed by atoms with van der Waals surface area (Å²) in [5, 5.41) is 0.710. The molecular formula is C15H16ClN3. The molecule has 0 aliphatic heterocycles. The van der Waals surface area contributed by atoms with Crippen LogP contribution in [0.15, 0.2) is 18.2 Å². The fraction of sp³-hybridized carbons (Fsp3) is 0.267. The molecule has 2 aromatic rings. The molecule has 0 aliphatic carbocycles. The number of imidazole rings is 1. The molecule has 1 aromatic heterocycles. The molecule has 1 aromatic carbocycles. The van der Waals surface area contributed by atoms with E-state index in [1.54, 1.807) is 0 Å². The van der Waals surface area contributed by atoms with Gasteiger partial charge in [0.1, 0.15) is 17.3 Å². The zero-order valence-electron chi connectivity index (χ0n) is 11.1. The minimum atomic E-state index is 0.432. The number of anilines is 1. The Labute approximate surface area is 118 Å². The Kier molecular flexibility index (Phi) is 3.82. The number of aromatic nitrogens is 2. The Bertz CT molecular complexity index is 650. The second kappa shape index (κ2) is 5.38. The van der Waals surface area contributed by atoms with Crippen LogP contribution in [0.3, 0.4) is 0 Å². The summed E-state index contributed by atoms with van der Waals surface area (Å²) in [6.45, 7) is 4.42. The highest BCUT2D eigenvalue weighted by Gasteiger charge is 2.15. The van der Waals surface area contributed by atoms with Gasteiger partial charge in [-0.2, -0.15) is 0 Å². The van der Waals surface area contributed by atoms with Gasteiger partial charge in [-0.15, -0.1) is 6.42 Å². The van der Waals surface area contributed by atoms with E-state index < -0.39 is 0 Å². The molecule has 1 heterocycles. The second-order valence-electron chi connectivity index (χ2n) is 4.37. The highest BCUT2D eigenvalue weighted by Crippen LogP contribution is 2.29. The van der Waals surface area contributed by atoms with Gasteiger partial charge in [-0.25, -0.2) is 4.98 Å². The van der Waals surface area contributed by atoms with Crippen LogP contribution in [0.2, 0.25) is 5.02 Å². The first-order valence-corrected chi connectivity index (χ1v) is 6.51. The van der Waals surface area contributed by atoms with Gasteiger partial charge in [0, 0.05) is 17.0 Å². The molecule has 0 atom stereocenters. The molecule has 2 N–H and O–H groups in total. The van der Waals surface area contributed by atoms with Crippen molar-refractivity contribution in [3.05, 3.63) is 34.6 Å². The van der Waals surface area contributed by atoms with Gasteiger partial charge in [0.2, 0.25) is 0 Å². The van der Waals surface area contributed by atoms with E-state index in [0.29, 0.717) is 17.4 Å².